The monoisotopic (exact) mass is 508 g/mol. The smallest absolute Gasteiger partial charge is 0.356 e. The predicted octanol–water partition coefficient (Wildman–Crippen LogP) is 3.62. The van der Waals surface area contributed by atoms with Crippen molar-refractivity contribution in [1.82, 2.24) is 9.29 Å². The molecule has 0 spiro atoms. The predicted molar refractivity (Wildman–Crippen MR) is 133 cm³/mol. The van der Waals surface area contributed by atoms with E-state index in [9.17, 15) is 18.0 Å². The largest absolute Gasteiger partial charge is 0.478 e. The Morgan fingerprint density at radius 3 is 2.06 bits per heavy atom. The molecule has 0 saturated heterocycles. The van der Waals surface area contributed by atoms with E-state index in [1.807, 2.05) is 36.4 Å². The first-order valence-electron chi connectivity index (χ1n) is 11.0. The Hall–Kier alpha value is -4.15. The first-order valence-corrected chi connectivity index (χ1v) is 12.6. The molecular weight excluding hydrogens is 484 g/mol. The molecule has 10 heteroatoms. The maximum absolute atomic E-state index is 13.4. The molecule has 1 aromatic heterocycles. The van der Waals surface area contributed by atoms with Gasteiger partial charge in [-0.15, -0.1) is 0 Å². The molecule has 0 atom stereocenters. The zero-order valence-electron chi connectivity index (χ0n) is 19.1. The van der Waals surface area contributed by atoms with Crippen LogP contribution in [0.25, 0.3) is 10.9 Å². The molecule has 0 fully saturated rings. The van der Waals surface area contributed by atoms with Gasteiger partial charge in [0.15, 0.2) is 0 Å². The number of hydrogen-bond donors (Lipinski definition) is 3. The molecule has 3 aromatic carbocycles. The maximum Gasteiger partial charge on any atom is 0.356 e. The third-order valence-electron chi connectivity index (χ3n) is 5.49. The number of carboxylic acids is 2. The summed E-state index contributed by atoms with van der Waals surface area (Å²) < 4.78 is 33.3. The topological polar surface area (TPSA) is 137 Å². The Morgan fingerprint density at radius 2 is 1.44 bits per heavy atom. The number of hydrogen-bond acceptors (Lipinski definition) is 5. The third kappa shape index (κ3) is 6.09. The average molecular weight is 509 g/mol. The van der Waals surface area contributed by atoms with Crippen molar-refractivity contribution in [2.24, 2.45) is 0 Å². The van der Waals surface area contributed by atoms with Gasteiger partial charge >= 0.3 is 11.9 Å². The van der Waals surface area contributed by atoms with Crippen LogP contribution in [0.4, 0.5) is 0 Å². The number of sulfonamides is 1. The minimum absolute atomic E-state index is 0.0588. The molecule has 0 aliphatic rings. The number of rotatable bonds is 11. The molecule has 0 aliphatic carbocycles. The summed E-state index contributed by atoms with van der Waals surface area (Å²) in [6.45, 7) is 0.250. The molecule has 0 amide bonds. The molecule has 0 bridgehead atoms. The minimum Gasteiger partial charge on any atom is -0.478 e. The second-order valence-corrected chi connectivity index (χ2v) is 10.2. The van der Waals surface area contributed by atoms with Gasteiger partial charge in [-0.25, -0.2) is 18.0 Å². The van der Waals surface area contributed by atoms with Crippen molar-refractivity contribution in [3.05, 3.63) is 102 Å². The molecule has 0 aliphatic heterocycles. The van der Waals surface area contributed by atoms with E-state index < -0.39 is 28.1 Å². The van der Waals surface area contributed by atoms with E-state index in [2.05, 4.69) is 4.98 Å². The van der Waals surface area contributed by atoms with E-state index in [1.165, 1.54) is 16.4 Å². The van der Waals surface area contributed by atoms with Crippen molar-refractivity contribution < 1.29 is 33.0 Å². The summed E-state index contributed by atoms with van der Waals surface area (Å²) >= 11 is 0. The Bertz CT molecular complexity index is 1450. The van der Waals surface area contributed by atoms with E-state index >= 15 is 0 Å². The molecule has 186 valence electrons. The second-order valence-electron chi connectivity index (χ2n) is 8.21. The molecule has 0 unspecified atom stereocenters. The van der Waals surface area contributed by atoms with Crippen molar-refractivity contribution in [2.45, 2.75) is 24.9 Å². The molecular formula is C26H24N2O7S. The molecule has 4 rings (SSSR count). The van der Waals surface area contributed by atoms with Gasteiger partial charge in [0.05, 0.1) is 12.3 Å². The lowest BCUT2D eigenvalue weighted by atomic mass is 10.2. The molecule has 0 radical (unpaired) electrons. The Kier molecular flexibility index (Phi) is 7.37. The minimum atomic E-state index is -3.69. The van der Waals surface area contributed by atoms with Gasteiger partial charge in [-0.05, 0) is 34.7 Å². The second kappa shape index (κ2) is 10.6. The highest BCUT2D eigenvalue weighted by Crippen LogP contribution is 2.25. The average Bonchev–Trinajstić information content (AvgIpc) is 3.24. The van der Waals surface area contributed by atoms with Gasteiger partial charge in [0, 0.05) is 23.8 Å². The number of aromatic nitrogens is 1. The summed E-state index contributed by atoms with van der Waals surface area (Å²) in [4.78, 5) is 25.4. The first-order chi connectivity index (χ1) is 17.2. The van der Waals surface area contributed by atoms with E-state index in [0.717, 1.165) is 10.9 Å². The van der Waals surface area contributed by atoms with E-state index in [1.54, 1.807) is 36.4 Å². The zero-order valence-corrected chi connectivity index (χ0v) is 19.9. The van der Waals surface area contributed by atoms with Gasteiger partial charge in [0.2, 0.25) is 10.0 Å². The van der Waals surface area contributed by atoms with Crippen LogP contribution in [-0.4, -0.2) is 46.0 Å². The lowest BCUT2D eigenvalue weighted by molar-refractivity contribution is -0.159. The quantitative estimate of drug-likeness (QED) is 0.263. The number of ether oxygens (including phenoxy) is 1. The van der Waals surface area contributed by atoms with Gasteiger partial charge in [0.1, 0.15) is 5.75 Å². The van der Waals surface area contributed by atoms with Crippen molar-refractivity contribution >= 4 is 32.9 Å². The maximum atomic E-state index is 13.4. The van der Waals surface area contributed by atoms with Crippen LogP contribution in [0, 0.1) is 0 Å². The van der Waals surface area contributed by atoms with E-state index in [0.29, 0.717) is 16.8 Å². The van der Waals surface area contributed by atoms with Crippen LogP contribution in [0.3, 0.4) is 0 Å². The Morgan fingerprint density at radius 1 is 0.833 bits per heavy atom. The number of aliphatic carboxylic acids is 2. The zero-order chi connectivity index (χ0) is 25.7. The fourth-order valence-electron chi connectivity index (χ4n) is 3.77. The molecule has 4 aromatic rings. The van der Waals surface area contributed by atoms with Crippen molar-refractivity contribution in [3.8, 4) is 5.75 Å². The number of fused-ring (bicyclic) bond motifs is 1. The fourth-order valence-corrected chi connectivity index (χ4v) is 5.25. The van der Waals surface area contributed by atoms with Crippen LogP contribution in [0.5, 0.6) is 5.75 Å². The highest BCUT2D eigenvalue weighted by atomic mass is 32.2. The number of nitrogens with one attached hydrogen (secondary N) is 1. The van der Waals surface area contributed by atoms with Gasteiger partial charge in [-0.3, -0.25) is 0 Å². The number of benzene rings is 3. The van der Waals surface area contributed by atoms with Gasteiger partial charge in [0.25, 0.3) is 6.10 Å². The first kappa shape index (κ1) is 25.0. The molecule has 9 nitrogen and oxygen atoms in total. The number of H-pyrrole nitrogens is 1. The van der Waals surface area contributed by atoms with Crippen LogP contribution >= 0.6 is 0 Å². The number of aromatic amines is 1. The Labute approximate surface area is 207 Å². The fraction of sp³-hybridized carbons (Fsp3) is 0.154. The van der Waals surface area contributed by atoms with Crippen molar-refractivity contribution in [1.29, 1.82) is 0 Å². The van der Waals surface area contributed by atoms with Crippen LogP contribution in [-0.2, 0) is 38.5 Å². The molecule has 36 heavy (non-hydrogen) atoms. The van der Waals surface area contributed by atoms with Crippen LogP contribution in [0.15, 0.2) is 84.9 Å². The molecule has 3 N–H and O–H groups in total. The SMILES string of the molecule is O=C(O)C(Oc1ccc2cc(CN(Cc3ccccc3)S(=O)(=O)Cc3ccccc3)[nH]c2c1)C(=O)O. The van der Waals surface area contributed by atoms with Gasteiger partial charge in [-0.2, -0.15) is 4.31 Å². The summed E-state index contributed by atoms with van der Waals surface area (Å²) in [6.07, 6.45) is -2.04. The highest BCUT2D eigenvalue weighted by Gasteiger charge is 2.28. The summed E-state index contributed by atoms with van der Waals surface area (Å²) in [5, 5.41) is 18.8. The molecule has 0 saturated carbocycles. The van der Waals surface area contributed by atoms with Crippen LogP contribution < -0.4 is 4.74 Å². The number of carbonyl (C=O) groups is 2. The third-order valence-corrected chi connectivity index (χ3v) is 7.23. The molecule has 1 heterocycles. The van der Waals surface area contributed by atoms with E-state index in [4.69, 9.17) is 14.9 Å². The highest BCUT2D eigenvalue weighted by molar-refractivity contribution is 7.88. The van der Waals surface area contributed by atoms with Gasteiger partial charge < -0.3 is 19.9 Å². The number of carboxylic acid groups (broad SMARTS) is 2. The normalized spacial score (nSPS) is 11.7. The summed E-state index contributed by atoms with van der Waals surface area (Å²) in [7, 11) is -3.69. The number of nitrogens with zero attached hydrogens (tertiary/aromatic N) is 1. The summed E-state index contributed by atoms with van der Waals surface area (Å²) in [5.41, 5.74) is 2.69. The standard InChI is InChI=1S/C26H24N2O7S/c29-25(30)24(26(31)32)35-22-12-11-20-13-21(27-23(20)14-22)16-28(15-18-7-3-1-4-8-18)36(33,34)17-19-9-5-2-6-10-19/h1-14,24,27H,15-17H2,(H,29,30)(H,31,32). The van der Waals surface area contributed by atoms with Crippen LogP contribution in [0.1, 0.15) is 16.8 Å². The van der Waals surface area contributed by atoms with Crippen LogP contribution in [0.2, 0.25) is 0 Å². The van der Waals surface area contributed by atoms with Gasteiger partial charge in [-0.1, -0.05) is 60.7 Å². The lowest BCUT2D eigenvalue weighted by Gasteiger charge is -2.22. The van der Waals surface area contributed by atoms with E-state index in [-0.39, 0.29) is 24.6 Å². The van der Waals surface area contributed by atoms with Crippen molar-refractivity contribution in [3.63, 3.8) is 0 Å². The summed E-state index contributed by atoms with van der Waals surface area (Å²) in [6, 6.07) is 24.6. The van der Waals surface area contributed by atoms with Crippen molar-refractivity contribution in [2.75, 3.05) is 0 Å². The Balaban J connectivity index is 1.61. The summed E-state index contributed by atoms with van der Waals surface area (Å²) in [5.74, 6) is -3.32. The lowest BCUT2D eigenvalue weighted by Crippen LogP contribution is -2.35.